The molecule has 0 aromatic heterocycles. The molecule has 0 N–H and O–H groups in total. The molecule has 0 aliphatic rings. The van der Waals surface area contributed by atoms with Crippen molar-refractivity contribution < 1.29 is 4.74 Å². The average molecular weight is 262 g/mol. The molecule has 2 aromatic rings. The van der Waals surface area contributed by atoms with Crippen LogP contribution in [0.5, 0.6) is 5.75 Å². The highest BCUT2D eigenvalue weighted by atomic mass is 16.5. The quantitative estimate of drug-likeness (QED) is 0.845. The number of nitriles is 2. The Labute approximate surface area is 118 Å². The number of nitrogens with zero attached hydrogens (tertiary/aromatic N) is 2. The lowest BCUT2D eigenvalue weighted by atomic mass is 9.83. The van der Waals surface area contributed by atoms with Crippen LogP contribution in [-0.2, 0) is 0 Å². The fourth-order valence-electron chi connectivity index (χ4n) is 2.15. The van der Waals surface area contributed by atoms with Crippen molar-refractivity contribution in [2.24, 2.45) is 0 Å². The lowest BCUT2D eigenvalue weighted by molar-refractivity contribution is 0.414. The maximum atomic E-state index is 9.44. The Bertz CT molecular complexity index is 635. The molecule has 3 nitrogen and oxygen atoms in total. The van der Waals surface area contributed by atoms with Crippen LogP contribution >= 0.6 is 0 Å². The monoisotopic (exact) mass is 262 g/mol. The van der Waals surface area contributed by atoms with Crippen molar-refractivity contribution in [3.63, 3.8) is 0 Å². The molecule has 0 spiro atoms. The third kappa shape index (κ3) is 2.79. The number of hydrogen-bond donors (Lipinski definition) is 0. The highest BCUT2D eigenvalue weighted by Gasteiger charge is 2.24. The van der Waals surface area contributed by atoms with E-state index in [1.165, 1.54) is 0 Å². The first-order valence-electron chi connectivity index (χ1n) is 6.28. The zero-order valence-corrected chi connectivity index (χ0v) is 11.2. The lowest BCUT2D eigenvalue weighted by Crippen LogP contribution is -2.08. The maximum absolute atomic E-state index is 9.44. The normalized spacial score (nSPS) is 12.8. The van der Waals surface area contributed by atoms with Crippen LogP contribution in [-0.4, -0.2) is 7.11 Å². The van der Waals surface area contributed by atoms with Crippen molar-refractivity contribution in [1.82, 2.24) is 0 Å². The largest absolute Gasteiger partial charge is 0.497 e. The van der Waals surface area contributed by atoms with Crippen LogP contribution in [0.25, 0.3) is 0 Å². The first-order valence-corrected chi connectivity index (χ1v) is 6.28. The Morgan fingerprint density at radius 2 is 1.30 bits per heavy atom. The molecule has 2 atom stereocenters. The van der Waals surface area contributed by atoms with E-state index in [-0.39, 0.29) is 0 Å². The topological polar surface area (TPSA) is 56.8 Å². The Hall–Kier alpha value is -2.78. The minimum absolute atomic E-state index is 0.477. The van der Waals surface area contributed by atoms with Gasteiger partial charge in [-0.2, -0.15) is 10.5 Å². The van der Waals surface area contributed by atoms with Gasteiger partial charge in [-0.15, -0.1) is 0 Å². The smallest absolute Gasteiger partial charge is 0.118 e. The summed E-state index contributed by atoms with van der Waals surface area (Å²) in [4.78, 5) is 0. The number of rotatable bonds is 4. The second-order valence-corrected chi connectivity index (χ2v) is 4.40. The van der Waals surface area contributed by atoms with Crippen molar-refractivity contribution in [2.75, 3.05) is 7.11 Å². The van der Waals surface area contributed by atoms with Gasteiger partial charge in [-0.05, 0) is 23.3 Å². The molecule has 0 aliphatic carbocycles. The Morgan fingerprint density at radius 1 is 0.800 bits per heavy atom. The molecule has 0 bridgehead atoms. The first-order chi connectivity index (χ1) is 9.80. The van der Waals surface area contributed by atoms with E-state index in [1.807, 2.05) is 42.5 Å². The minimum atomic E-state index is -0.492. The molecule has 0 saturated carbocycles. The SMILES string of the molecule is COc1ccc([C@@H](C#N)[C@@H](C#N)c2ccccc2)cc1. The van der Waals surface area contributed by atoms with E-state index in [9.17, 15) is 10.5 Å². The Balaban J connectivity index is 2.35. The van der Waals surface area contributed by atoms with Crippen LogP contribution in [0.15, 0.2) is 54.6 Å². The maximum Gasteiger partial charge on any atom is 0.118 e. The number of ether oxygens (including phenoxy) is 1. The summed E-state index contributed by atoms with van der Waals surface area (Å²) in [5.74, 6) is -0.235. The molecule has 0 radical (unpaired) electrons. The van der Waals surface area contributed by atoms with Crippen LogP contribution in [0.2, 0.25) is 0 Å². The molecule has 0 fully saturated rings. The predicted octanol–water partition coefficient (Wildman–Crippen LogP) is 3.61. The summed E-state index contributed by atoms with van der Waals surface area (Å²) in [5.41, 5.74) is 1.68. The molecular weight excluding hydrogens is 248 g/mol. The van der Waals surface area contributed by atoms with E-state index in [2.05, 4.69) is 12.1 Å². The van der Waals surface area contributed by atoms with Gasteiger partial charge in [0.25, 0.3) is 0 Å². The molecule has 3 heteroatoms. The third-order valence-electron chi connectivity index (χ3n) is 3.25. The Morgan fingerprint density at radius 3 is 1.75 bits per heavy atom. The highest BCUT2D eigenvalue weighted by Crippen LogP contribution is 2.32. The molecule has 2 rings (SSSR count). The second-order valence-electron chi connectivity index (χ2n) is 4.40. The van der Waals surface area contributed by atoms with Crippen molar-refractivity contribution in [3.05, 3.63) is 65.7 Å². The van der Waals surface area contributed by atoms with Crippen molar-refractivity contribution in [1.29, 1.82) is 10.5 Å². The van der Waals surface area contributed by atoms with E-state index in [1.54, 1.807) is 19.2 Å². The van der Waals surface area contributed by atoms with E-state index in [0.717, 1.165) is 16.9 Å². The summed E-state index contributed by atoms with van der Waals surface area (Å²) in [7, 11) is 1.60. The van der Waals surface area contributed by atoms with Gasteiger partial charge in [-0.25, -0.2) is 0 Å². The molecule has 98 valence electrons. The number of benzene rings is 2. The zero-order valence-electron chi connectivity index (χ0n) is 11.2. The van der Waals surface area contributed by atoms with Gasteiger partial charge in [-0.1, -0.05) is 42.5 Å². The summed E-state index contributed by atoms with van der Waals surface area (Å²) in [6.07, 6.45) is 0. The van der Waals surface area contributed by atoms with E-state index < -0.39 is 11.8 Å². The van der Waals surface area contributed by atoms with Crippen LogP contribution in [0.4, 0.5) is 0 Å². The van der Waals surface area contributed by atoms with Gasteiger partial charge in [0.2, 0.25) is 0 Å². The summed E-state index contributed by atoms with van der Waals surface area (Å²) in [6, 6.07) is 21.2. The second kappa shape index (κ2) is 6.41. The third-order valence-corrected chi connectivity index (χ3v) is 3.25. The van der Waals surface area contributed by atoms with Crippen LogP contribution < -0.4 is 4.74 Å². The van der Waals surface area contributed by atoms with E-state index >= 15 is 0 Å². The van der Waals surface area contributed by atoms with Crippen LogP contribution in [0, 0.1) is 22.7 Å². The van der Waals surface area contributed by atoms with E-state index in [4.69, 9.17) is 4.74 Å². The van der Waals surface area contributed by atoms with Crippen LogP contribution in [0.3, 0.4) is 0 Å². The zero-order chi connectivity index (χ0) is 14.4. The average Bonchev–Trinajstić information content (AvgIpc) is 2.53. The summed E-state index contributed by atoms with van der Waals surface area (Å²) in [5, 5.41) is 18.9. The standard InChI is InChI=1S/C17H14N2O/c1-20-15-9-7-14(8-10-15)17(12-19)16(11-18)13-5-3-2-4-6-13/h2-10,16-17H,1H3/t16-,17+/m0/s1. The predicted molar refractivity (Wildman–Crippen MR) is 76.1 cm³/mol. The fourth-order valence-corrected chi connectivity index (χ4v) is 2.15. The first kappa shape index (κ1) is 13.6. The molecule has 2 aromatic carbocycles. The van der Waals surface area contributed by atoms with Crippen molar-refractivity contribution in [2.45, 2.75) is 11.8 Å². The Kier molecular flexibility index (Phi) is 4.37. The van der Waals surface area contributed by atoms with Gasteiger partial charge in [0.1, 0.15) is 5.75 Å². The van der Waals surface area contributed by atoms with Gasteiger partial charge in [0, 0.05) is 0 Å². The molecule has 0 heterocycles. The van der Waals surface area contributed by atoms with Crippen molar-refractivity contribution in [3.8, 4) is 17.9 Å². The molecule has 0 amide bonds. The van der Waals surface area contributed by atoms with Gasteiger partial charge >= 0.3 is 0 Å². The number of methoxy groups -OCH3 is 1. The summed E-state index contributed by atoms with van der Waals surface area (Å²) < 4.78 is 5.11. The molecule has 0 aliphatic heterocycles. The fraction of sp³-hybridized carbons (Fsp3) is 0.176. The van der Waals surface area contributed by atoms with E-state index in [0.29, 0.717) is 0 Å². The van der Waals surface area contributed by atoms with Gasteiger partial charge in [0.05, 0.1) is 31.1 Å². The minimum Gasteiger partial charge on any atom is -0.497 e. The highest BCUT2D eigenvalue weighted by molar-refractivity contribution is 5.39. The number of hydrogen-bond acceptors (Lipinski definition) is 3. The van der Waals surface area contributed by atoms with Crippen molar-refractivity contribution >= 4 is 0 Å². The molecule has 0 saturated heterocycles. The van der Waals surface area contributed by atoms with Crippen LogP contribution in [0.1, 0.15) is 23.0 Å². The summed E-state index contributed by atoms with van der Waals surface area (Å²) >= 11 is 0. The van der Waals surface area contributed by atoms with Gasteiger partial charge in [0.15, 0.2) is 0 Å². The molecular formula is C17H14N2O. The lowest BCUT2D eigenvalue weighted by Gasteiger charge is -2.16. The van der Waals surface area contributed by atoms with Gasteiger partial charge in [-0.3, -0.25) is 0 Å². The molecule has 0 unspecified atom stereocenters. The molecule has 20 heavy (non-hydrogen) atoms. The van der Waals surface area contributed by atoms with Gasteiger partial charge < -0.3 is 4.74 Å². The summed E-state index contributed by atoms with van der Waals surface area (Å²) in [6.45, 7) is 0.